The number of rotatable bonds is 0. The van der Waals surface area contributed by atoms with E-state index in [4.69, 9.17) is 9.47 Å². The van der Waals surface area contributed by atoms with E-state index in [2.05, 4.69) is 28.6 Å². The van der Waals surface area contributed by atoms with Crippen molar-refractivity contribution in [3.05, 3.63) is 34.8 Å². The van der Waals surface area contributed by atoms with Crippen molar-refractivity contribution in [2.45, 2.75) is 18.4 Å². The topological polar surface area (TPSA) is 18.5 Å². The lowest BCUT2D eigenvalue weighted by atomic mass is 9.85. The number of hydrogen-bond acceptors (Lipinski definition) is 2. The maximum Gasteiger partial charge on any atom is 0.127 e. The first-order valence-electron chi connectivity index (χ1n) is 5.47. The van der Waals surface area contributed by atoms with Crippen LogP contribution in [0.25, 0.3) is 5.57 Å². The van der Waals surface area contributed by atoms with Gasteiger partial charge < -0.3 is 9.47 Å². The summed E-state index contributed by atoms with van der Waals surface area (Å²) in [6.07, 6.45) is 2.10. The Kier molecular flexibility index (Phi) is 2.33. The Morgan fingerprint density at radius 2 is 2.25 bits per heavy atom. The molecule has 0 amide bonds. The fraction of sp³-hybridized carbons (Fsp3) is 0.385. The van der Waals surface area contributed by atoms with Crippen LogP contribution in [-0.4, -0.2) is 18.8 Å². The average molecular weight is 281 g/mol. The molecule has 1 atom stereocenters. The van der Waals surface area contributed by atoms with E-state index in [9.17, 15) is 0 Å². The minimum absolute atomic E-state index is 0.270. The Hall–Kier alpha value is -0.800. The summed E-state index contributed by atoms with van der Waals surface area (Å²) in [5.41, 5.74) is 1.86. The molecule has 1 unspecified atom stereocenters. The largest absolute Gasteiger partial charge is 0.490 e. The Bertz CT molecular complexity index is 447. The molecule has 2 aliphatic rings. The van der Waals surface area contributed by atoms with Gasteiger partial charge in [-0.2, -0.15) is 0 Å². The molecule has 0 bridgehead atoms. The van der Waals surface area contributed by atoms with Gasteiger partial charge in [0.1, 0.15) is 18.0 Å². The van der Waals surface area contributed by atoms with Crippen LogP contribution in [0.1, 0.15) is 18.4 Å². The van der Waals surface area contributed by atoms with Gasteiger partial charge in [0.05, 0.1) is 0 Å². The summed E-state index contributed by atoms with van der Waals surface area (Å²) >= 11 is 3.48. The molecule has 2 nitrogen and oxygen atoms in total. The zero-order valence-electron chi connectivity index (χ0n) is 8.96. The van der Waals surface area contributed by atoms with Gasteiger partial charge >= 0.3 is 0 Å². The van der Waals surface area contributed by atoms with Crippen molar-refractivity contribution in [1.29, 1.82) is 0 Å². The molecule has 3 heteroatoms. The van der Waals surface area contributed by atoms with Gasteiger partial charge in [-0.3, -0.25) is 0 Å². The fourth-order valence-corrected chi connectivity index (χ4v) is 2.80. The summed E-state index contributed by atoms with van der Waals surface area (Å²) in [5, 5.41) is 0. The Morgan fingerprint density at radius 3 is 3.00 bits per heavy atom. The zero-order chi connectivity index (χ0) is 11.2. The van der Waals surface area contributed by atoms with Crippen molar-refractivity contribution in [2.24, 2.45) is 0 Å². The maximum absolute atomic E-state index is 5.85. The lowest BCUT2D eigenvalue weighted by Gasteiger charge is -2.36. The number of halogens is 1. The number of fused-ring (bicyclic) bond motifs is 1. The van der Waals surface area contributed by atoms with Crippen LogP contribution in [0.5, 0.6) is 5.75 Å². The maximum atomic E-state index is 5.85. The van der Waals surface area contributed by atoms with Gasteiger partial charge in [-0.25, -0.2) is 0 Å². The highest BCUT2D eigenvalue weighted by Gasteiger charge is 2.43. The van der Waals surface area contributed by atoms with Gasteiger partial charge in [-0.15, -0.1) is 0 Å². The van der Waals surface area contributed by atoms with E-state index in [1.165, 1.54) is 0 Å². The predicted molar refractivity (Wildman–Crippen MR) is 66.6 cm³/mol. The van der Waals surface area contributed by atoms with E-state index in [-0.39, 0.29) is 5.60 Å². The Balaban J connectivity index is 2.07. The van der Waals surface area contributed by atoms with E-state index in [1.807, 2.05) is 12.1 Å². The van der Waals surface area contributed by atoms with Crippen molar-refractivity contribution in [3.63, 3.8) is 0 Å². The van der Waals surface area contributed by atoms with Crippen LogP contribution in [0.3, 0.4) is 0 Å². The predicted octanol–water partition coefficient (Wildman–Crippen LogP) is 3.40. The molecule has 3 rings (SSSR count). The number of benzene rings is 1. The summed E-state index contributed by atoms with van der Waals surface area (Å²) in [5.74, 6) is 0.911. The second kappa shape index (κ2) is 3.60. The van der Waals surface area contributed by atoms with Crippen molar-refractivity contribution in [2.75, 3.05) is 13.2 Å². The molecule has 1 aromatic carbocycles. The van der Waals surface area contributed by atoms with Gasteiger partial charge in [0.15, 0.2) is 0 Å². The van der Waals surface area contributed by atoms with E-state index >= 15 is 0 Å². The molecule has 16 heavy (non-hydrogen) atoms. The highest BCUT2D eigenvalue weighted by atomic mass is 79.9. The molecule has 0 N–H and O–H groups in total. The molecule has 1 spiro atoms. The van der Waals surface area contributed by atoms with Crippen molar-refractivity contribution < 1.29 is 9.47 Å². The van der Waals surface area contributed by atoms with Crippen LogP contribution in [0.15, 0.2) is 29.3 Å². The lowest BCUT2D eigenvalue weighted by Crippen LogP contribution is -2.39. The van der Waals surface area contributed by atoms with E-state index in [1.54, 1.807) is 0 Å². The van der Waals surface area contributed by atoms with Gasteiger partial charge in [0, 0.05) is 16.6 Å². The second-order valence-corrected chi connectivity index (χ2v) is 5.27. The first-order valence-corrected chi connectivity index (χ1v) is 6.27. The molecule has 0 aliphatic carbocycles. The number of ether oxygens (including phenoxy) is 2. The SMILES string of the molecule is C=C1c2cc(Br)ccc2OCC12CCCO2. The highest BCUT2D eigenvalue weighted by molar-refractivity contribution is 9.10. The molecule has 1 saturated heterocycles. The Morgan fingerprint density at radius 1 is 1.38 bits per heavy atom. The minimum atomic E-state index is -0.270. The van der Waals surface area contributed by atoms with Gasteiger partial charge in [-0.1, -0.05) is 22.5 Å². The van der Waals surface area contributed by atoms with Gasteiger partial charge in [0.2, 0.25) is 0 Å². The monoisotopic (exact) mass is 280 g/mol. The van der Waals surface area contributed by atoms with Crippen LogP contribution in [0.2, 0.25) is 0 Å². The van der Waals surface area contributed by atoms with Crippen LogP contribution in [0.4, 0.5) is 0 Å². The van der Waals surface area contributed by atoms with Crippen LogP contribution < -0.4 is 4.74 Å². The molecular formula is C13H13BrO2. The van der Waals surface area contributed by atoms with Gasteiger partial charge in [-0.05, 0) is 36.6 Å². The second-order valence-electron chi connectivity index (χ2n) is 4.35. The van der Waals surface area contributed by atoms with Crippen LogP contribution >= 0.6 is 15.9 Å². The van der Waals surface area contributed by atoms with Crippen molar-refractivity contribution in [1.82, 2.24) is 0 Å². The molecule has 84 valence electrons. The average Bonchev–Trinajstić information content (AvgIpc) is 2.75. The van der Waals surface area contributed by atoms with E-state index < -0.39 is 0 Å². The molecule has 1 fully saturated rings. The molecular weight excluding hydrogens is 268 g/mol. The smallest absolute Gasteiger partial charge is 0.127 e. The summed E-state index contributed by atoms with van der Waals surface area (Å²) < 4.78 is 12.7. The third kappa shape index (κ3) is 1.42. The minimum Gasteiger partial charge on any atom is -0.490 e. The zero-order valence-corrected chi connectivity index (χ0v) is 10.5. The molecule has 0 radical (unpaired) electrons. The first-order chi connectivity index (χ1) is 7.71. The third-order valence-corrected chi connectivity index (χ3v) is 3.87. The molecule has 1 aromatic rings. The molecule has 2 aliphatic heterocycles. The normalized spacial score (nSPS) is 27.9. The van der Waals surface area contributed by atoms with Crippen molar-refractivity contribution >= 4 is 21.5 Å². The third-order valence-electron chi connectivity index (χ3n) is 3.38. The first kappa shape index (κ1) is 10.4. The summed E-state index contributed by atoms with van der Waals surface area (Å²) in [6.45, 7) is 5.61. The summed E-state index contributed by atoms with van der Waals surface area (Å²) in [7, 11) is 0. The fourth-order valence-electron chi connectivity index (χ4n) is 2.44. The highest BCUT2D eigenvalue weighted by Crippen LogP contribution is 2.45. The quantitative estimate of drug-likeness (QED) is 0.725. The molecule has 0 saturated carbocycles. The number of hydrogen-bond donors (Lipinski definition) is 0. The van der Waals surface area contributed by atoms with Crippen LogP contribution in [-0.2, 0) is 4.74 Å². The standard InChI is InChI=1S/C13H13BrO2/c1-9-11-7-10(14)3-4-12(11)15-8-13(9)5-2-6-16-13/h3-4,7H,1-2,5-6,8H2. The molecule has 0 aromatic heterocycles. The van der Waals surface area contributed by atoms with E-state index in [0.717, 1.165) is 40.8 Å². The van der Waals surface area contributed by atoms with E-state index in [0.29, 0.717) is 6.61 Å². The molecule has 2 heterocycles. The van der Waals surface area contributed by atoms with Crippen molar-refractivity contribution in [3.8, 4) is 5.75 Å². The summed E-state index contributed by atoms with van der Waals surface area (Å²) in [6, 6.07) is 6.02. The van der Waals surface area contributed by atoms with Crippen LogP contribution in [0, 0.1) is 0 Å². The Labute approximate surface area is 103 Å². The summed E-state index contributed by atoms with van der Waals surface area (Å²) in [4.78, 5) is 0. The lowest BCUT2D eigenvalue weighted by molar-refractivity contribution is 0.00923. The van der Waals surface area contributed by atoms with Gasteiger partial charge in [0.25, 0.3) is 0 Å².